The van der Waals surface area contributed by atoms with Gasteiger partial charge in [0.25, 0.3) is 0 Å². The van der Waals surface area contributed by atoms with Crippen LogP contribution in [-0.4, -0.2) is 16.0 Å². The van der Waals surface area contributed by atoms with Gasteiger partial charge in [0.2, 0.25) is 11.8 Å². The zero-order valence-corrected chi connectivity index (χ0v) is 12.3. The zero-order valence-electron chi connectivity index (χ0n) is 12.3. The lowest BCUT2D eigenvalue weighted by Crippen LogP contribution is -2.23. The molecule has 0 saturated heterocycles. The summed E-state index contributed by atoms with van der Waals surface area (Å²) in [6, 6.07) is 7.51. The SMILES string of the molecule is N#CCC(CCC(O)c1coc(-c2ccc(F)cc2)n1)C(N)=O. The number of halogens is 1. The van der Waals surface area contributed by atoms with Gasteiger partial charge < -0.3 is 15.3 Å². The summed E-state index contributed by atoms with van der Waals surface area (Å²) in [5.74, 6) is -1.26. The molecule has 2 rings (SSSR count). The van der Waals surface area contributed by atoms with Crippen LogP contribution in [0, 0.1) is 23.1 Å². The first kappa shape index (κ1) is 16.6. The summed E-state index contributed by atoms with van der Waals surface area (Å²) in [6.45, 7) is 0. The molecule has 0 spiro atoms. The minimum Gasteiger partial charge on any atom is -0.444 e. The maximum atomic E-state index is 12.9. The number of nitriles is 1. The molecule has 1 heterocycles. The Morgan fingerprint density at radius 2 is 2.09 bits per heavy atom. The molecule has 2 atom stereocenters. The summed E-state index contributed by atoms with van der Waals surface area (Å²) in [4.78, 5) is 15.3. The first-order chi connectivity index (χ1) is 11.0. The molecule has 0 bridgehead atoms. The topological polar surface area (TPSA) is 113 Å². The summed E-state index contributed by atoms with van der Waals surface area (Å²) in [5.41, 5.74) is 6.10. The fourth-order valence-electron chi connectivity index (χ4n) is 2.13. The number of hydrogen-bond acceptors (Lipinski definition) is 5. The zero-order chi connectivity index (χ0) is 16.8. The molecule has 120 valence electrons. The molecular weight excluding hydrogens is 301 g/mol. The molecule has 23 heavy (non-hydrogen) atoms. The molecule has 0 aliphatic carbocycles. The summed E-state index contributed by atoms with van der Waals surface area (Å²) in [7, 11) is 0. The number of carbonyl (C=O) groups excluding carboxylic acids is 1. The predicted molar refractivity (Wildman–Crippen MR) is 79.0 cm³/mol. The third-order valence-electron chi connectivity index (χ3n) is 3.48. The summed E-state index contributed by atoms with van der Waals surface area (Å²) in [6.07, 6.45) is 0.899. The number of aromatic nitrogens is 1. The molecular formula is C16H16FN3O3. The molecule has 1 aromatic heterocycles. The summed E-state index contributed by atoms with van der Waals surface area (Å²) >= 11 is 0. The Bertz CT molecular complexity index is 706. The van der Waals surface area contributed by atoms with Gasteiger partial charge in [-0.05, 0) is 37.1 Å². The van der Waals surface area contributed by atoms with Gasteiger partial charge in [0, 0.05) is 12.0 Å². The Balaban J connectivity index is 2.01. The van der Waals surface area contributed by atoms with Gasteiger partial charge in [0.05, 0.1) is 18.1 Å². The summed E-state index contributed by atoms with van der Waals surface area (Å²) in [5, 5.41) is 18.7. The van der Waals surface area contributed by atoms with Gasteiger partial charge >= 0.3 is 0 Å². The van der Waals surface area contributed by atoms with Crippen molar-refractivity contribution in [1.82, 2.24) is 4.98 Å². The summed E-state index contributed by atoms with van der Waals surface area (Å²) < 4.78 is 18.2. The molecule has 7 heteroatoms. The maximum Gasteiger partial charge on any atom is 0.226 e. The second kappa shape index (κ2) is 7.51. The Hall–Kier alpha value is -2.72. The number of hydrogen-bond donors (Lipinski definition) is 2. The lowest BCUT2D eigenvalue weighted by molar-refractivity contribution is -0.122. The molecule has 0 aliphatic rings. The quantitative estimate of drug-likeness (QED) is 0.813. The number of nitrogens with two attached hydrogens (primary N) is 1. The lowest BCUT2D eigenvalue weighted by Gasteiger charge is -2.11. The Kier molecular flexibility index (Phi) is 5.44. The van der Waals surface area contributed by atoms with Crippen molar-refractivity contribution >= 4 is 5.91 Å². The predicted octanol–water partition coefficient (Wildman–Crippen LogP) is 2.31. The Morgan fingerprint density at radius 1 is 1.39 bits per heavy atom. The van der Waals surface area contributed by atoms with Crippen molar-refractivity contribution in [2.75, 3.05) is 0 Å². The number of oxazole rings is 1. The largest absolute Gasteiger partial charge is 0.444 e. The smallest absolute Gasteiger partial charge is 0.226 e. The van der Waals surface area contributed by atoms with E-state index < -0.39 is 17.9 Å². The van der Waals surface area contributed by atoms with Crippen LogP contribution < -0.4 is 5.73 Å². The number of aliphatic hydroxyl groups is 1. The number of nitrogens with zero attached hydrogens (tertiary/aromatic N) is 2. The Labute approximate surface area is 132 Å². The van der Waals surface area contributed by atoms with Crippen LogP contribution in [0.3, 0.4) is 0 Å². The first-order valence-electron chi connectivity index (χ1n) is 7.07. The van der Waals surface area contributed by atoms with Crippen molar-refractivity contribution in [1.29, 1.82) is 5.26 Å². The van der Waals surface area contributed by atoms with Crippen LogP contribution in [0.15, 0.2) is 34.9 Å². The Morgan fingerprint density at radius 3 is 2.70 bits per heavy atom. The number of aliphatic hydroxyl groups excluding tert-OH is 1. The molecule has 0 aliphatic heterocycles. The maximum absolute atomic E-state index is 12.9. The highest BCUT2D eigenvalue weighted by Crippen LogP contribution is 2.25. The number of benzene rings is 1. The highest BCUT2D eigenvalue weighted by molar-refractivity contribution is 5.76. The number of amides is 1. The van der Waals surface area contributed by atoms with Gasteiger partial charge in [0.1, 0.15) is 17.8 Å². The van der Waals surface area contributed by atoms with Gasteiger partial charge in [-0.2, -0.15) is 5.26 Å². The van der Waals surface area contributed by atoms with Crippen molar-refractivity contribution in [3.8, 4) is 17.5 Å². The van der Waals surface area contributed by atoms with Crippen molar-refractivity contribution < 1.29 is 18.7 Å². The average Bonchev–Trinajstić information content (AvgIpc) is 3.01. The molecule has 0 saturated carbocycles. The van der Waals surface area contributed by atoms with Gasteiger partial charge in [0.15, 0.2) is 0 Å². The van der Waals surface area contributed by atoms with E-state index in [2.05, 4.69) is 4.98 Å². The third kappa shape index (κ3) is 4.37. The highest BCUT2D eigenvalue weighted by Gasteiger charge is 2.20. The molecule has 1 amide bonds. The van der Waals surface area contributed by atoms with E-state index in [-0.39, 0.29) is 31.0 Å². The molecule has 0 fully saturated rings. The van der Waals surface area contributed by atoms with Crippen LogP contribution >= 0.6 is 0 Å². The van der Waals surface area contributed by atoms with Crippen LogP contribution in [-0.2, 0) is 4.79 Å². The van der Waals surface area contributed by atoms with Crippen LogP contribution in [0.1, 0.15) is 31.1 Å². The molecule has 6 nitrogen and oxygen atoms in total. The lowest BCUT2D eigenvalue weighted by atomic mass is 9.97. The normalized spacial score (nSPS) is 13.3. The van der Waals surface area contributed by atoms with E-state index in [9.17, 15) is 14.3 Å². The highest BCUT2D eigenvalue weighted by atomic mass is 19.1. The molecule has 0 radical (unpaired) electrons. The average molecular weight is 317 g/mol. The van der Waals surface area contributed by atoms with E-state index in [1.54, 1.807) is 0 Å². The first-order valence-corrected chi connectivity index (χ1v) is 7.07. The van der Waals surface area contributed by atoms with Gasteiger partial charge in [-0.1, -0.05) is 0 Å². The van der Waals surface area contributed by atoms with E-state index in [0.717, 1.165) is 0 Å². The molecule has 1 aromatic carbocycles. The van der Waals surface area contributed by atoms with E-state index in [4.69, 9.17) is 15.4 Å². The third-order valence-corrected chi connectivity index (χ3v) is 3.48. The van der Waals surface area contributed by atoms with Crippen LogP contribution in [0.25, 0.3) is 11.5 Å². The van der Waals surface area contributed by atoms with E-state index in [1.807, 2.05) is 6.07 Å². The molecule has 2 aromatic rings. The van der Waals surface area contributed by atoms with Crippen molar-refractivity contribution in [3.63, 3.8) is 0 Å². The van der Waals surface area contributed by atoms with Crippen LogP contribution in [0.5, 0.6) is 0 Å². The molecule has 3 N–H and O–H groups in total. The monoisotopic (exact) mass is 317 g/mol. The van der Waals surface area contributed by atoms with Crippen LogP contribution in [0.4, 0.5) is 4.39 Å². The standard InChI is InChI=1S/C16H16FN3O3/c17-12-4-1-11(2-5-12)16-20-13(9-23-16)14(21)6-3-10(7-8-18)15(19)22/h1-2,4-5,9-10,14,21H,3,6-7H2,(H2,19,22). The van der Waals surface area contributed by atoms with Crippen molar-refractivity contribution in [2.45, 2.75) is 25.4 Å². The fourth-order valence-corrected chi connectivity index (χ4v) is 2.13. The fraction of sp³-hybridized carbons (Fsp3) is 0.312. The minimum atomic E-state index is -0.937. The second-order valence-corrected chi connectivity index (χ2v) is 5.14. The van der Waals surface area contributed by atoms with Crippen LogP contribution in [0.2, 0.25) is 0 Å². The van der Waals surface area contributed by atoms with E-state index in [0.29, 0.717) is 11.3 Å². The second-order valence-electron chi connectivity index (χ2n) is 5.14. The van der Waals surface area contributed by atoms with Gasteiger partial charge in [-0.15, -0.1) is 0 Å². The number of carbonyl (C=O) groups is 1. The number of rotatable bonds is 7. The van der Waals surface area contributed by atoms with Crippen molar-refractivity contribution in [2.24, 2.45) is 11.7 Å². The van der Waals surface area contributed by atoms with Gasteiger partial charge in [-0.25, -0.2) is 9.37 Å². The minimum absolute atomic E-state index is 0.0156. The molecule has 2 unspecified atom stereocenters. The van der Waals surface area contributed by atoms with E-state index >= 15 is 0 Å². The number of primary amides is 1. The van der Waals surface area contributed by atoms with Gasteiger partial charge in [-0.3, -0.25) is 4.79 Å². The van der Waals surface area contributed by atoms with Crippen molar-refractivity contribution in [3.05, 3.63) is 42.0 Å². The van der Waals surface area contributed by atoms with E-state index in [1.165, 1.54) is 30.5 Å².